The van der Waals surface area contributed by atoms with Gasteiger partial charge < -0.3 is 4.74 Å². The van der Waals surface area contributed by atoms with Gasteiger partial charge in [0, 0.05) is 11.8 Å². The first-order valence-corrected chi connectivity index (χ1v) is 6.76. The molecular formula is C14H13F3N4O2. The number of carbonyl (C=O) groups is 1. The van der Waals surface area contributed by atoms with Crippen molar-refractivity contribution in [1.82, 2.24) is 14.8 Å². The number of ether oxygens (including phenoxy) is 1. The Morgan fingerprint density at radius 2 is 2.13 bits per heavy atom. The summed E-state index contributed by atoms with van der Waals surface area (Å²) in [5.74, 6) is -0.0361. The Labute approximate surface area is 129 Å². The van der Waals surface area contributed by atoms with Gasteiger partial charge in [-0.1, -0.05) is 0 Å². The molecule has 0 N–H and O–H groups in total. The van der Waals surface area contributed by atoms with Gasteiger partial charge in [0.15, 0.2) is 6.04 Å². The minimum Gasteiger partial charge on any atom is -0.467 e. The molecule has 9 heteroatoms. The van der Waals surface area contributed by atoms with Gasteiger partial charge in [0.2, 0.25) is 0 Å². The summed E-state index contributed by atoms with van der Waals surface area (Å²) in [5, 5.41) is 4.05. The molecule has 6 nitrogen and oxygen atoms in total. The van der Waals surface area contributed by atoms with E-state index in [2.05, 4.69) is 10.1 Å². The predicted octanol–water partition coefficient (Wildman–Crippen LogP) is 2.30. The van der Waals surface area contributed by atoms with Crippen LogP contribution >= 0.6 is 0 Å². The quantitative estimate of drug-likeness (QED) is 0.793. The van der Waals surface area contributed by atoms with Crippen LogP contribution in [0.5, 0.6) is 0 Å². The van der Waals surface area contributed by atoms with Crippen molar-refractivity contribution in [2.75, 3.05) is 12.0 Å². The highest BCUT2D eigenvalue weighted by Crippen LogP contribution is 2.37. The maximum atomic E-state index is 13.0. The highest BCUT2D eigenvalue weighted by atomic mass is 19.4. The molecule has 1 aliphatic heterocycles. The lowest BCUT2D eigenvalue weighted by molar-refractivity contribution is -0.142. The van der Waals surface area contributed by atoms with E-state index < -0.39 is 23.8 Å². The van der Waals surface area contributed by atoms with E-state index in [0.717, 1.165) is 12.1 Å². The molecule has 0 amide bonds. The topological polar surface area (TPSA) is 60.3 Å². The van der Waals surface area contributed by atoms with Crippen molar-refractivity contribution in [3.05, 3.63) is 35.7 Å². The Bertz CT molecular complexity index is 757. The van der Waals surface area contributed by atoms with Crippen LogP contribution in [-0.4, -0.2) is 33.9 Å². The molecule has 1 unspecified atom stereocenters. The lowest BCUT2D eigenvalue weighted by atomic mass is 10.2. The van der Waals surface area contributed by atoms with Crippen molar-refractivity contribution in [2.24, 2.45) is 0 Å². The van der Waals surface area contributed by atoms with Crippen LogP contribution in [0.1, 0.15) is 11.3 Å². The summed E-state index contributed by atoms with van der Waals surface area (Å²) < 4.78 is 45.4. The number of esters is 1. The zero-order chi connectivity index (χ0) is 16.8. The monoisotopic (exact) mass is 326 g/mol. The summed E-state index contributed by atoms with van der Waals surface area (Å²) in [4.78, 5) is 17.5. The molecule has 3 heterocycles. The number of rotatable bonds is 2. The van der Waals surface area contributed by atoms with Gasteiger partial charge in [0.25, 0.3) is 0 Å². The zero-order valence-electron chi connectivity index (χ0n) is 12.3. The van der Waals surface area contributed by atoms with Crippen LogP contribution in [0.25, 0.3) is 0 Å². The second-order valence-electron chi connectivity index (χ2n) is 5.13. The number of nitrogens with zero attached hydrogens (tertiary/aromatic N) is 4. The number of aromatic nitrogens is 3. The van der Waals surface area contributed by atoms with Gasteiger partial charge in [-0.15, -0.1) is 0 Å². The number of alkyl halides is 3. The van der Waals surface area contributed by atoms with E-state index in [0.29, 0.717) is 5.82 Å². The minimum atomic E-state index is -4.50. The lowest BCUT2D eigenvalue weighted by Crippen LogP contribution is -2.37. The molecule has 0 radical (unpaired) electrons. The molecule has 2 aromatic heterocycles. The molecule has 0 saturated carbocycles. The average Bonchev–Trinajstić information content (AvgIpc) is 3.04. The second kappa shape index (κ2) is 5.25. The standard InChI is InChI=1S/C14H13F3N4O2/c1-8-5-9(14(15,16)17)6-11(19-8)21-10(13(22)23-2)7-20-12(21)3-4-18-20/h3-6,10H,7H2,1-2H3. The third-order valence-electron chi connectivity index (χ3n) is 3.59. The molecule has 23 heavy (non-hydrogen) atoms. The Balaban J connectivity index is 2.11. The number of pyridine rings is 1. The predicted molar refractivity (Wildman–Crippen MR) is 74.1 cm³/mol. The maximum absolute atomic E-state index is 13.0. The summed E-state index contributed by atoms with van der Waals surface area (Å²) in [7, 11) is 1.23. The van der Waals surface area contributed by atoms with Gasteiger partial charge in [-0.25, -0.2) is 14.5 Å². The van der Waals surface area contributed by atoms with Crippen molar-refractivity contribution < 1.29 is 22.7 Å². The lowest BCUT2D eigenvalue weighted by Gasteiger charge is -2.24. The SMILES string of the molecule is COC(=O)C1Cn2nccc2N1c1cc(C(F)(F)F)cc(C)n1. The van der Waals surface area contributed by atoms with Gasteiger partial charge >= 0.3 is 12.1 Å². The van der Waals surface area contributed by atoms with Crippen LogP contribution in [0.4, 0.5) is 24.8 Å². The summed E-state index contributed by atoms with van der Waals surface area (Å²) in [6.45, 7) is 1.66. The van der Waals surface area contributed by atoms with E-state index in [-0.39, 0.29) is 18.1 Å². The number of hydrogen-bond donors (Lipinski definition) is 0. The fourth-order valence-electron chi connectivity index (χ4n) is 2.61. The number of aryl methyl sites for hydroxylation is 1. The Kier molecular flexibility index (Phi) is 3.50. The van der Waals surface area contributed by atoms with Gasteiger partial charge in [-0.3, -0.25) is 4.90 Å². The molecule has 3 rings (SSSR count). The van der Waals surface area contributed by atoms with Crippen molar-refractivity contribution in [1.29, 1.82) is 0 Å². The number of methoxy groups -OCH3 is 1. The first-order valence-electron chi connectivity index (χ1n) is 6.76. The average molecular weight is 326 g/mol. The van der Waals surface area contributed by atoms with Crippen LogP contribution in [0.2, 0.25) is 0 Å². The maximum Gasteiger partial charge on any atom is 0.416 e. The van der Waals surface area contributed by atoms with Crippen LogP contribution in [0.3, 0.4) is 0 Å². The molecular weight excluding hydrogens is 313 g/mol. The van der Waals surface area contributed by atoms with Crippen molar-refractivity contribution in [3.8, 4) is 0 Å². The van der Waals surface area contributed by atoms with E-state index >= 15 is 0 Å². The molecule has 1 aliphatic rings. The molecule has 0 fully saturated rings. The van der Waals surface area contributed by atoms with E-state index in [9.17, 15) is 18.0 Å². The largest absolute Gasteiger partial charge is 0.467 e. The summed E-state index contributed by atoms with van der Waals surface area (Å²) in [6, 6.07) is 2.69. The normalized spacial score (nSPS) is 17.3. The van der Waals surface area contributed by atoms with Gasteiger partial charge in [0.1, 0.15) is 11.6 Å². The zero-order valence-corrected chi connectivity index (χ0v) is 12.3. The van der Waals surface area contributed by atoms with Crippen molar-refractivity contribution >= 4 is 17.6 Å². The molecule has 0 spiro atoms. The number of anilines is 2. The third-order valence-corrected chi connectivity index (χ3v) is 3.59. The number of hydrogen-bond acceptors (Lipinski definition) is 5. The van der Waals surface area contributed by atoms with Crippen LogP contribution in [-0.2, 0) is 22.3 Å². The van der Waals surface area contributed by atoms with Gasteiger partial charge in [-0.05, 0) is 19.1 Å². The highest BCUT2D eigenvalue weighted by Gasteiger charge is 2.39. The summed E-state index contributed by atoms with van der Waals surface area (Å²) in [5.41, 5.74) is -0.613. The second-order valence-corrected chi connectivity index (χ2v) is 5.13. The molecule has 122 valence electrons. The number of carbonyl (C=O) groups excluding carboxylic acids is 1. The van der Waals surface area contributed by atoms with E-state index in [4.69, 9.17) is 4.74 Å². The minimum absolute atomic E-state index is 0.0342. The number of halogens is 3. The Morgan fingerprint density at radius 3 is 2.78 bits per heavy atom. The van der Waals surface area contributed by atoms with Crippen molar-refractivity contribution in [2.45, 2.75) is 25.7 Å². The third kappa shape index (κ3) is 2.62. The first-order chi connectivity index (χ1) is 10.8. The molecule has 0 saturated heterocycles. The molecule has 0 bridgehead atoms. The first kappa shape index (κ1) is 15.3. The number of fused-ring (bicyclic) bond motifs is 1. The molecule has 2 aromatic rings. The summed E-state index contributed by atoms with van der Waals surface area (Å²) >= 11 is 0. The smallest absolute Gasteiger partial charge is 0.416 e. The fourth-order valence-corrected chi connectivity index (χ4v) is 2.61. The van der Waals surface area contributed by atoms with Crippen LogP contribution < -0.4 is 4.90 Å². The van der Waals surface area contributed by atoms with Crippen molar-refractivity contribution in [3.63, 3.8) is 0 Å². The van der Waals surface area contributed by atoms with Gasteiger partial charge in [0.05, 0.1) is 25.4 Å². The molecule has 0 aromatic carbocycles. The Hall–Kier alpha value is -2.58. The van der Waals surface area contributed by atoms with E-state index in [1.807, 2.05) is 0 Å². The highest BCUT2D eigenvalue weighted by molar-refractivity contribution is 5.84. The fraction of sp³-hybridized carbons (Fsp3) is 0.357. The summed E-state index contributed by atoms with van der Waals surface area (Å²) in [6.07, 6.45) is -2.99. The Morgan fingerprint density at radius 1 is 1.39 bits per heavy atom. The van der Waals surface area contributed by atoms with Gasteiger partial charge in [-0.2, -0.15) is 18.3 Å². The van der Waals surface area contributed by atoms with Crippen LogP contribution in [0.15, 0.2) is 24.4 Å². The molecule has 1 atom stereocenters. The van der Waals surface area contributed by atoms with E-state index in [1.165, 1.54) is 29.8 Å². The van der Waals surface area contributed by atoms with E-state index in [1.54, 1.807) is 6.07 Å². The van der Waals surface area contributed by atoms with Crippen LogP contribution in [0, 0.1) is 6.92 Å². The molecule has 0 aliphatic carbocycles.